The maximum Gasteiger partial charge on any atom is 0.573 e. The van der Waals surface area contributed by atoms with Gasteiger partial charge in [0.15, 0.2) is 0 Å². The van der Waals surface area contributed by atoms with Crippen molar-refractivity contribution in [2.24, 2.45) is 5.73 Å². The van der Waals surface area contributed by atoms with Gasteiger partial charge in [0, 0.05) is 12.2 Å². The summed E-state index contributed by atoms with van der Waals surface area (Å²) in [6.45, 7) is 2.62. The Balaban J connectivity index is 2.74. The molecule has 0 saturated heterocycles. The number of hydrogen-bond acceptors (Lipinski definition) is 3. The van der Waals surface area contributed by atoms with Gasteiger partial charge in [0.25, 0.3) is 0 Å². The van der Waals surface area contributed by atoms with Gasteiger partial charge >= 0.3 is 6.36 Å². The molecule has 0 radical (unpaired) electrons. The predicted octanol–water partition coefficient (Wildman–Crippen LogP) is 3.01. The zero-order valence-electron chi connectivity index (χ0n) is 10.0. The normalized spacial score (nSPS) is 13.4. The highest BCUT2D eigenvalue weighted by atomic mass is 19.4. The number of hydrogen-bond donors (Lipinski definition) is 1. The molecular weight excluding hydrogens is 247 g/mol. The Hall–Kier alpha value is -1.27. The molecular formula is C12H16F3NO2. The summed E-state index contributed by atoms with van der Waals surface area (Å²) in [5.41, 5.74) is 6.07. The molecule has 18 heavy (non-hydrogen) atoms. The van der Waals surface area contributed by atoms with Crippen LogP contribution in [0, 0.1) is 0 Å². The first-order valence-electron chi connectivity index (χ1n) is 5.62. The Labute approximate surface area is 104 Å². The van der Waals surface area contributed by atoms with E-state index < -0.39 is 12.4 Å². The molecule has 1 atom stereocenters. The minimum Gasteiger partial charge on any atom is -0.405 e. The molecule has 2 N–H and O–H groups in total. The molecule has 6 heteroatoms. The Bertz CT molecular complexity index is 369. The summed E-state index contributed by atoms with van der Waals surface area (Å²) in [7, 11) is 0. The lowest BCUT2D eigenvalue weighted by atomic mass is 10.1. The molecule has 1 aromatic rings. The van der Waals surface area contributed by atoms with Crippen molar-refractivity contribution in [3.8, 4) is 5.75 Å². The topological polar surface area (TPSA) is 44.5 Å². The van der Waals surface area contributed by atoms with Crippen LogP contribution >= 0.6 is 0 Å². The second kappa shape index (κ2) is 6.61. The zero-order valence-corrected chi connectivity index (χ0v) is 10.0. The summed E-state index contributed by atoms with van der Waals surface area (Å²) >= 11 is 0. The molecule has 0 amide bonds. The van der Waals surface area contributed by atoms with Gasteiger partial charge in [0.2, 0.25) is 0 Å². The second-order valence-electron chi connectivity index (χ2n) is 3.77. The summed E-state index contributed by atoms with van der Waals surface area (Å²) in [5.74, 6) is -0.280. The van der Waals surface area contributed by atoms with Crippen LogP contribution in [0.15, 0.2) is 24.3 Å². The van der Waals surface area contributed by atoms with Crippen LogP contribution in [0.4, 0.5) is 13.2 Å². The first kappa shape index (κ1) is 14.8. The van der Waals surface area contributed by atoms with Gasteiger partial charge in [-0.15, -0.1) is 13.2 Å². The molecule has 1 unspecified atom stereocenters. The lowest BCUT2D eigenvalue weighted by Crippen LogP contribution is -2.22. The standard InChI is InChI=1S/C12H16F3NO2/c1-2-7-17-8-10(16)9-5-3-4-6-11(9)18-12(13,14)15/h3-6,10H,2,7-8,16H2,1H3. The third-order valence-electron chi connectivity index (χ3n) is 2.19. The van der Waals surface area contributed by atoms with Crippen molar-refractivity contribution < 1.29 is 22.6 Å². The SMILES string of the molecule is CCCOCC(N)c1ccccc1OC(F)(F)F. The monoisotopic (exact) mass is 263 g/mol. The zero-order chi connectivity index (χ0) is 13.6. The van der Waals surface area contributed by atoms with Crippen molar-refractivity contribution in [1.82, 2.24) is 0 Å². The van der Waals surface area contributed by atoms with Crippen LogP contribution in [0.2, 0.25) is 0 Å². The Kier molecular flexibility index (Phi) is 5.43. The number of ether oxygens (including phenoxy) is 2. The van der Waals surface area contributed by atoms with Crippen LogP contribution in [-0.4, -0.2) is 19.6 Å². The maximum absolute atomic E-state index is 12.2. The third kappa shape index (κ3) is 4.93. The largest absolute Gasteiger partial charge is 0.573 e. The van der Waals surface area contributed by atoms with Gasteiger partial charge in [-0.1, -0.05) is 25.1 Å². The van der Waals surface area contributed by atoms with E-state index in [-0.39, 0.29) is 17.9 Å². The van der Waals surface area contributed by atoms with Gasteiger partial charge in [0.1, 0.15) is 5.75 Å². The van der Waals surface area contributed by atoms with Gasteiger partial charge in [-0.2, -0.15) is 0 Å². The van der Waals surface area contributed by atoms with Crippen molar-refractivity contribution in [2.45, 2.75) is 25.7 Å². The number of rotatable bonds is 6. The van der Waals surface area contributed by atoms with Gasteiger partial charge in [0.05, 0.1) is 12.6 Å². The smallest absolute Gasteiger partial charge is 0.405 e. The number of benzene rings is 1. The Morgan fingerprint density at radius 3 is 2.56 bits per heavy atom. The van der Waals surface area contributed by atoms with Crippen LogP contribution < -0.4 is 10.5 Å². The average molecular weight is 263 g/mol. The van der Waals surface area contributed by atoms with Gasteiger partial charge < -0.3 is 15.2 Å². The average Bonchev–Trinajstić information content (AvgIpc) is 2.27. The lowest BCUT2D eigenvalue weighted by molar-refractivity contribution is -0.275. The van der Waals surface area contributed by atoms with E-state index in [2.05, 4.69) is 4.74 Å². The van der Waals surface area contributed by atoms with E-state index in [4.69, 9.17) is 10.5 Å². The molecule has 0 fully saturated rings. The Morgan fingerprint density at radius 2 is 1.94 bits per heavy atom. The van der Waals surface area contributed by atoms with Crippen molar-refractivity contribution in [3.63, 3.8) is 0 Å². The van der Waals surface area contributed by atoms with Crippen LogP contribution in [0.1, 0.15) is 24.9 Å². The fourth-order valence-corrected chi connectivity index (χ4v) is 1.45. The number of alkyl halides is 3. The van der Waals surface area contributed by atoms with E-state index in [1.54, 1.807) is 6.07 Å². The molecule has 0 spiro atoms. The first-order chi connectivity index (χ1) is 8.44. The fraction of sp³-hybridized carbons (Fsp3) is 0.500. The molecule has 0 saturated carbocycles. The van der Waals surface area contributed by atoms with E-state index >= 15 is 0 Å². The van der Waals surface area contributed by atoms with Gasteiger partial charge in [-0.3, -0.25) is 0 Å². The van der Waals surface area contributed by atoms with Crippen molar-refractivity contribution in [1.29, 1.82) is 0 Å². The molecule has 0 aliphatic rings. The molecule has 0 heterocycles. The number of nitrogens with two attached hydrogens (primary N) is 1. The lowest BCUT2D eigenvalue weighted by Gasteiger charge is -2.17. The van der Waals surface area contributed by atoms with Crippen molar-refractivity contribution in [3.05, 3.63) is 29.8 Å². The van der Waals surface area contributed by atoms with Crippen molar-refractivity contribution in [2.75, 3.05) is 13.2 Å². The van der Waals surface area contributed by atoms with Crippen LogP contribution in [0.25, 0.3) is 0 Å². The highest BCUT2D eigenvalue weighted by molar-refractivity contribution is 5.35. The second-order valence-corrected chi connectivity index (χ2v) is 3.77. The molecule has 1 aromatic carbocycles. The van der Waals surface area contributed by atoms with E-state index in [0.717, 1.165) is 6.42 Å². The molecule has 1 rings (SSSR count). The summed E-state index contributed by atoms with van der Waals surface area (Å²) in [4.78, 5) is 0. The van der Waals surface area contributed by atoms with Crippen LogP contribution in [-0.2, 0) is 4.74 Å². The first-order valence-corrected chi connectivity index (χ1v) is 5.62. The molecule has 102 valence electrons. The van der Waals surface area contributed by atoms with Gasteiger partial charge in [-0.25, -0.2) is 0 Å². The van der Waals surface area contributed by atoms with Crippen molar-refractivity contribution >= 4 is 0 Å². The van der Waals surface area contributed by atoms with Crippen LogP contribution in [0.3, 0.4) is 0 Å². The van der Waals surface area contributed by atoms with E-state index in [1.165, 1.54) is 18.2 Å². The van der Waals surface area contributed by atoms with E-state index in [9.17, 15) is 13.2 Å². The minimum absolute atomic E-state index is 0.159. The summed E-state index contributed by atoms with van der Waals surface area (Å²) in [5, 5.41) is 0. The molecule has 0 aromatic heterocycles. The molecule has 0 aliphatic heterocycles. The number of halogens is 3. The summed E-state index contributed by atoms with van der Waals surface area (Å²) in [6, 6.07) is 5.17. The van der Waals surface area contributed by atoms with E-state index in [0.29, 0.717) is 6.61 Å². The third-order valence-corrected chi connectivity index (χ3v) is 2.19. The quantitative estimate of drug-likeness (QED) is 0.802. The fourth-order valence-electron chi connectivity index (χ4n) is 1.45. The maximum atomic E-state index is 12.2. The van der Waals surface area contributed by atoms with Crippen LogP contribution in [0.5, 0.6) is 5.75 Å². The highest BCUT2D eigenvalue weighted by Crippen LogP contribution is 2.29. The predicted molar refractivity (Wildman–Crippen MR) is 61.2 cm³/mol. The molecule has 3 nitrogen and oxygen atoms in total. The molecule has 0 aliphatic carbocycles. The molecule has 0 bridgehead atoms. The number of para-hydroxylation sites is 1. The minimum atomic E-state index is -4.72. The highest BCUT2D eigenvalue weighted by Gasteiger charge is 2.32. The van der Waals surface area contributed by atoms with E-state index in [1.807, 2.05) is 6.92 Å². The summed E-state index contributed by atoms with van der Waals surface area (Å²) < 4.78 is 45.7. The Morgan fingerprint density at radius 1 is 1.28 bits per heavy atom. The summed E-state index contributed by atoms with van der Waals surface area (Å²) in [6.07, 6.45) is -3.90. The van der Waals surface area contributed by atoms with Gasteiger partial charge in [-0.05, 0) is 12.5 Å².